The van der Waals surface area contributed by atoms with Crippen molar-refractivity contribution < 1.29 is 58.1 Å². The van der Waals surface area contributed by atoms with Gasteiger partial charge in [-0.2, -0.15) is 0 Å². The smallest absolute Gasteiger partial charge is 0.312 e. The molecule has 0 saturated carbocycles. The van der Waals surface area contributed by atoms with E-state index in [1.807, 2.05) is 38.1 Å². The second kappa shape index (κ2) is 12.3. The molecule has 0 bridgehead atoms. The molecule has 1 saturated heterocycles. The molecule has 218 valence electrons. The Morgan fingerprint density at radius 2 is 1.50 bits per heavy atom. The largest absolute Gasteiger partial charge is 0.466 e. The van der Waals surface area contributed by atoms with Gasteiger partial charge in [0.25, 0.3) is 0 Å². The number of carbonyl (C=O) groups excluding carboxylic acids is 3. The van der Waals surface area contributed by atoms with Gasteiger partial charge in [-0.25, -0.2) is 0 Å². The van der Waals surface area contributed by atoms with Crippen LogP contribution in [0.15, 0.2) is 54.3 Å². The minimum absolute atomic E-state index is 0. The van der Waals surface area contributed by atoms with Gasteiger partial charge in [-0.15, -0.1) is 0 Å². The van der Waals surface area contributed by atoms with Crippen molar-refractivity contribution in [3.05, 3.63) is 66.7 Å². The maximum Gasteiger partial charge on any atom is 0.312 e. The molecule has 0 radical (unpaired) electrons. The Morgan fingerprint density at radius 3 is 2.12 bits per heavy atom. The summed E-state index contributed by atoms with van der Waals surface area (Å²) in [5.74, 6) is 0.255. The molecule has 5 heterocycles. The van der Waals surface area contributed by atoms with Crippen LogP contribution in [0.2, 0.25) is 0 Å². The quantitative estimate of drug-likeness (QED) is 0.133. The van der Waals surface area contributed by atoms with E-state index in [-0.39, 0.29) is 52.7 Å². The van der Waals surface area contributed by atoms with Gasteiger partial charge in [0.05, 0.1) is 29.7 Å². The van der Waals surface area contributed by atoms with E-state index >= 15 is 0 Å². The van der Waals surface area contributed by atoms with Crippen LogP contribution in [-0.4, -0.2) is 34.7 Å². The van der Waals surface area contributed by atoms with Gasteiger partial charge in [-0.1, -0.05) is 10.3 Å². The maximum atomic E-state index is 12.1. The third kappa shape index (κ3) is 5.61. The van der Waals surface area contributed by atoms with Gasteiger partial charge in [-0.3, -0.25) is 19.7 Å². The molecule has 1 aliphatic rings. The molecule has 1 atom stereocenters. The molecule has 1 fully saturated rings. The number of nitrogens with one attached hydrogen (secondary N) is 1. The first-order chi connectivity index (χ1) is 19.3. The molecule has 42 heavy (non-hydrogen) atoms. The van der Waals surface area contributed by atoms with E-state index in [1.165, 1.54) is 0 Å². The van der Waals surface area contributed by atoms with Crippen LogP contribution in [0, 0.1) is 21.3 Å². The topological polar surface area (TPSA) is 151 Å². The molecule has 1 aliphatic heterocycles. The summed E-state index contributed by atoms with van der Waals surface area (Å²) >= 11 is 0. The number of imide groups is 1. The Kier molecular flexibility index (Phi) is 9.01. The number of fused-ring (bicyclic) bond motifs is 6. The monoisotopic (exact) mass is 742 g/mol. The number of furan rings is 2. The van der Waals surface area contributed by atoms with Crippen LogP contribution >= 0.6 is 0 Å². The SMILES string of the molecule is CCOC(=O)Cc1noc2ccc3oc(C)cc3c12.Cc1cc2c(ccc3onc(C4CCC(=O)NC4=O)c32)o1.[CH3-].[W]. The fourth-order valence-electron chi connectivity index (χ4n) is 5.11. The summed E-state index contributed by atoms with van der Waals surface area (Å²) in [6, 6.07) is 11.1. The van der Waals surface area contributed by atoms with Crippen molar-refractivity contribution in [2.24, 2.45) is 0 Å². The number of hydrogen-bond acceptors (Lipinski definition) is 10. The standard InChI is InChI=1S/C15H12N2O4.C14H13NO4.CH3.W/c1-7-6-9-10(20-7)3-4-11-13(9)14(17-21-11)8-2-5-12(18)16-15(8)19;1-3-17-13(16)7-10-14-9-6-8(2)18-11(9)4-5-12(14)19-15-10;;/h3-4,6,8H,2,5H2,1H3,(H,16,18,19);4-6H,3,7H2,1-2H3;1H3;/q;;-1;. The van der Waals surface area contributed by atoms with E-state index in [2.05, 4.69) is 15.6 Å². The summed E-state index contributed by atoms with van der Waals surface area (Å²) in [4.78, 5) is 34.9. The molecule has 12 heteroatoms. The van der Waals surface area contributed by atoms with E-state index < -0.39 is 5.92 Å². The first-order valence-corrected chi connectivity index (χ1v) is 12.9. The second-order valence-electron chi connectivity index (χ2n) is 9.60. The summed E-state index contributed by atoms with van der Waals surface area (Å²) in [6.45, 7) is 5.88. The number of hydrogen-bond donors (Lipinski definition) is 1. The molecule has 0 spiro atoms. The zero-order chi connectivity index (χ0) is 28.0. The molecule has 7 rings (SSSR count). The van der Waals surface area contributed by atoms with Gasteiger partial charge in [0.2, 0.25) is 11.8 Å². The van der Waals surface area contributed by atoms with Gasteiger partial charge in [0.15, 0.2) is 11.2 Å². The van der Waals surface area contributed by atoms with Crippen molar-refractivity contribution in [1.82, 2.24) is 15.6 Å². The fourth-order valence-corrected chi connectivity index (χ4v) is 5.11. The van der Waals surface area contributed by atoms with Crippen LogP contribution in [-0.2, 0) is 46.6 Å². The van der Waals surface area contributed by atoms with Crippen LogP contribution in [0.25, 0.3) is 43.9 Å². The van der Waals surface area contributed by atoms with Crippen molar-refractivity contribution in [2.75, 3.05) is 6.61 Å². The number of nitrogens with zero attached hydrogens (tertiary/aromatic N) is 2. The van der Waals surface area contributed by atoms with Gasteiger partial charge >= 0.3 is 5.97 Å². The molecular weight excluding hydrogens is 714 g/mol. The molecule has 11 nitrogen and oxygen atoms in total. The number of aryl methyl sites for hydroxylation is 2. The second-order valence-corrected chi connectivity index (χ2v) is 9.60. The number of ether oxygens (including phenoxy) is 1. The van der Waals surface area contributed by atoms with Gasteiger partial charge in [0, 0.05) is 38.3 Å². The first kappa shape index (κ1) is 30.7. The molecule has 2 aromatic carbocycles. The van der Waals surface area contributed by atoms with Gasteiger partial charge < -0.3 is 30.0 Å². The van der Waals surface area contributed by atoms with E-state index in [9.17, 15) is 14.4 Å². The average molecular weight is 742 g/mol. The molecule has 4 aromatic heterocycles. The minimum Gasteiger partial charge on any atom is -0.466 e. The van der Waals surface area contributed by atoms with Crippen molar-refractivity contribution in [1.29, 1.82) is 0 Å². The molecular formula is C30H28N3O8W-. The Morgan fingerprint density at radius 1 is 0.929 bits per heavy atom. The van der Waals surface area contributed by atoms with Crippen LogP contribution in [0.5, 0.6) is 0 Å². The zero-order valence-electron chi connectivity index (χ0n) is 23.4. The van der Waals surface area contributed by atoms with Crippen molar-refractivity contribution in [2.45, 2.75) is 46.0 Å². The third-order valence-electron chi connectivity index (χ3n) is 6.80. The first-order valence-electron chi connectivity index (χ1n) is 12.9. The molecule has 1 unspecified atom stereocenters. The van der Waals surface area contributed by atoms with E-state index in [0.717, 1.165) is 44.2 Å². The Hall–Kier alpha value is -4.24. The number of benzene rings is 2. The Balaban J connectivity index is 0.000000185. The molecule has 1 N–H and O–H groups in total. The maximum absolute atomic E-state index is 12.1. The Bertz CT molecular complexity index is 1930. The van der Waals surface area contributed by atoms with Crippen LogP contribution in [0.3, 0.4) is 0 Å². The summed E-state index contributed by atoms with van der Waals surface area (Å²) in [7, 11) is 0. The molecule has 2 amide bonds. The summed E-state index contributed by atoms with van der Waals surface area (Å²) in [5.41, 5.74) is 3.91. The predicted molar refractivity (Wildman–Crippen MR) is 149 cm³/mol. The Labute approximate surface area is 254 Å². The van der Waals surface area contributed by atoms with Crippen molar-refractivity contribution in [3.8, 4) is 0 Å². The minimum atomic E-state index is -0.468. The predicted octanol–water partition coefficient (Wildman–Crippen LogP) is 5.84. The number of aromatic nitrogens is 2. The number of carbonyl (C=O) groups is 3. The number of rotatable bonds is 4. The van der Waals surface area contributed by atoms with Crippen molar-refractivity contribution >= 4 is 61.7 Å². The average Bonchev–Trinajstić information content (AvgIpc) is 3.68. The van der Waals surface area contributed by atoms with Crippen LogP contribution in [0.4, 0.5) is 0 Å². The summed E-state index contributed by atoms with van der Waals surface area (Å²) in [5, 5.41) is 13.8. The zero-order valence-corrected chi connectivity index (χ0v) is 26.4. The van der Waals surface area contributed by atoms with Crippen LogP contribution in [0.1, 0.15) is 48.6 Å². The number of esters is 1. The van der Waals surface area contributed by atoms with E-state index in [4.69, 9.17) is 22.6 Å². The van der Waals surface area contributed by atoms with Crippen molar-refractivity contribution in [3.63, 3.8) is 0 Å². The van der Waals surface area contributed by atoms with E-state index in [0.29, 0.717) is 42.0 Å². The van der Waals surface area contributed by atoms with Crippen LogP contribution < -0.4 is 5.32 Å². The number of amides is 2. The van der Waals surface area contributed by atoms with Gasteiger partial charge in [-0.05, 0) is 63.6 Å². The third-order valence-corrected chi connectivity index (χ3v) is 6.80. The summed E-state index contributed by atoms with van der Waals surface area (Å²) in [6.07, 6.45) is 0.856. The normalized spacial score (nSPS) is 14.8. The number of piperidine rings is 1. The fraction of sp³-hybridized carbons (Fsp3) is 0.267. The molecule has 6 aromatic rings. The summed E-state index contributed by atoms with van der Waals surface area (Å²) < 4.78 is 26.7. The van der Waals surface area contributed by atoms with E-state index in [1.54, 1.807) is 19.1 Å². The van der Waals surface area contributed by atoms with Gasteiger partial charge in [0.1, 0.15) is 34.1 Å². The molecule has 0 aliphatic carbocycles.